The molecular weight excluding hydrogens is 216 g/mol. The predicted octanol–water partition coefficient (Wildman–Crippen LogP) is 1.67. The molecule has 0 aliphatic carbocycles. The molecule has 1 aromatic carbocycles. The molecule has 2 N–H and O–H groups in total. The fourth-order valence-electron chi connectivity index (χ4n) is 1.43. The van der Waals surface area contributed by atoms with E-state index in [1.807, 2.05) is 30.3 Å². The van der Waals surface area contributed by atoms with Crippen LogP contribution in [0.15, 0.2) is 55.6 Å². The normalized spacial score (nSPS) is 14.3. The highest BCUT2D eigenvalue weighted by atomic mass is 16.5. The van der Waals surface area contributed by atoms with Crippen LogP contribution in [0.3, 0.4) is 0 Å². The van der Waals surface area contributed by atoms with Gasteiger partial charge in [0.05, 0.1) is 6.61 Å². The lowest BCUT2D eigenvalue weighted by atomic mass is 10.1. The molecule has 0 saturated heterocycles. The summed E-state index contributed by atoms with van der Waals surface area (Å²) in [5, 5.41) is 19.3. The fourth-order valence-corrected chi connectivity index (χ4v) is 1.43. The lowest BCUT2D eigenvalue weighted by Gasteiger charge is -2.24. The van der Waals surface area contributed by atoms with Gasteiger partial charge in [-0.25, -0.2) is 0 Å². The van der Waals surface area contributed by atoms with E-state index in [1.54, 1.807) is 0 Å². The summed E-state index contributed by atoms with van der Waals surface area (Å²) in [5.41, 5.74) is 0.977. The molecule has 0 amide bonds. The summed E-state index contributed by atoms with van der Waals surface area (Å²) < 4.78 is 5.49. The summed E-state index contributed by atoms with van der Waals surface area (Å²) in [6.45, 7) is 7.28. The maximum absolute atomic E-state index is 9.65. The van der Waals surface area contributed by atoms with E-state index in [9.17, 15) is 10.2 Å². The van der Waals surface area contributed by atoms with Crippen LogP contribution >= 0.6 is 0 Å². The van der Waals surface area contributed by atoms with Gasteiger partial charge in [0.25, 0.3) is 0 Å². The van der Waals surface area contributed by atoms with Gasteiger partial charge in [0.15, 0.2) is 0 Å². The molecule has 0 heterocycles. The summed E-state index contributed by atoms with van der Waals surface area (Å²) in [5.74, 6) is 0. The Balaban J connectivity index is 2.61. The molecule has 0 fully saturated rings. The monoisotopic (exact) mass is 234 g/mol. The van der Waals surface area contributed by atoms with Gasteiger partial charge < -0.3 is 14.9 Å². The second-order valence-electron chi connectivity index (χ2n) is 3.71. The average molecular weight is 234 g/mol. The van der Waals surface area contributed by atoms with Crippen molar-refractivity contribution in [3.63, 3.8) is 0 Å². The van der Waals surface area contributed by atoms with Gasteiger partial charge in [0, 0.05) is 0 Å². The molecule has 92 valence electrons. The van der Waals surface area contributed by atoms with E-state index >= 15 is 0 Å². The SMILES string of the molecule is C=C[C@@H](O)C(OCc1ccccc1)[C@H](O)C=C. The summed E-state index contributed by atoms with van der Waals surface area (Å²) in [6.07, 6.45) is 0.0775. The van der Waals surface area contributed by atoms with Gasteiger partial charge in [0.2, 0.25) is 0 Å². The molecule has 1 rings (SSSR count). The highest BCUT2D eigenvalue weighted by Crippen LogP contribution is 2.11. The molecule has 0 spiro atoms. The highest BCUT2D eigenvalue weighted by molar-refractivity contribution is 5.13. The lowest BCUT2D eigenvalue weighted by molar-refractivity contribution is -0.0772. The smallest absolute Gasteiger partial charge is 0.117 e. The van der Waals surface area contributed by atoms with Crippen LogP contribution in [0.1, 0.15) is 5.56 Å². The van der Waals surface area contributed by atoms with Gasteiger partial charge in [0.1, 0.15) is 18.3 Å². The van der Waals surface area contributed by atoms with Gasteiger partial charge in [-0.3, -0.25) is 0 Å². The quantitative estimate of drug-likeness (QED) is 0.705. The van der Waals surface area contributed by atoms with Crippen LogP contribution in [0, 0.1) is 0 Å². The van der Waals surface area contributed by atoms with E-state index in [1.165, 1.54) is 12.2 Å². The minimum Gasteiger partial charge on any atom is -0.386 e. The highest BCUT2D eigenvalue weighted by Gasteiger charge is 2.23. The van der Waals surface area contributed by atoms with Crippen LogP contribution in [0.2, 0.25) is 0 Å². The minimum absolute atomic E-state index is 0.321. The van der Waals surface area contributed by atoms with Crippen LogP contribution < -0.4 is 0 Å². The van der Waals surface area contributed by atoms with Crippen LogP contribution in [-0.4, -0.2) is 28.5 Å². The molecule has 0 unspecified atom stereocenters. The topological polar surface area (TPSA) is 49.7 Å². The van der Waals surface area contributed by atoms with Gasteiger partial charge in [-0.05, 0) is 5.56 Å². The van der Waals surface area contributed by atoms with E-state index in [4.69, 9.17) is 4.74 Å². The first kappa shape index (κ1) is 13.6. The third kappa shape index (κ3) is 4.15. The van der Waals surface area contributed by atoms with Crippen molar-refractivity contribution in [3.05, 3.63) is 61.2 Å². The summed E-state index contributed by atoms with van der Waals surface area (Å²) in [6, 6.07) is 9.55. The largest absolute Gasteiger partial charge is 0.386 e. The zero-order valence-electron chi connectivity index (χ0n) is 9.70. The van der Waals surface area contributed by atoms with Gasteiger partial charge in [-0.15, -0.1) is 13.2 Å². The van der Waals surface area contributed by atoms with E-state index in [2.05, 4.69) is 13.2 Å². The van der Waals surface area contributed by atoms with Crippen molar-refractivity contribution in [1.82, 2.24) is 0 Å². The third-order valence-electron chi connectivity index (χ3n) is 2.44. The summed E-state index contributed by atoms with van der Waals surface area (Å²) >= 11 is 0. The van der Waals surface area contributed by atoms with Crippen molar-refractivity contribution in [1.29, 1.82) is 0 Å². The van der Waals surface area contributed by atoms with Crippen molar-refractivity contribution < 1.29 is 14.9 Å². The molecule has 0 aromatic heterocycles. The number of aliphatic hydroxyl groups is 2. The van der Waals surface area contributed by atoms with Crippen molar-refractivity contribution in [3.8, 4) is 0 Å². The van der Waals surface area contributed by atoms with Crippen molar-refractivity contribution >= 4 is 0 Å². The first-order valence-electron chi connectivity index (χ1n) is 5.45. The maximum Gasteiger partial charge on any atom is 0.117 e. The van der Waals surface area contributed by atoms with Crippen molar-refractivity contribution in [2.24, 2.45) is 0 Å². The van der Waals surface area contributed by atoms with Crippen molar-refractivity contribution in [2.45, 2.75) is 24.9 Å². The second kappa shape index (κ2) is 7.01. The van der Waals surface area contributed by atoms with Gasteiger partial charge in [-0.1, -0.05) is 42.5 Å². The van der Waals surface area contributed by atoms with E-state index < -0.39 is 18.3 Å². The Hall–Kier alpha value is -1.42. The first-order valence-corrected chi connectivity index (χ1v) is 5.45. The molecule has 2 atom stereocenters. The number of hydrogen-bond donors (Lipinski definition) is 2. The predicted molar refractivity (Wildman–Crippen MR) is 67.4 cm³/mol. The lowest BCUT2D eigenvalue weighted by Crippen LogP contribution is -2.37. The Bertz CT molecular complexity index is 334. The zero-order valence-corrected chi connectivity index (χ0v) is 9.70. The number of rotatable bonds is 7. The molecule has 3 heteroatoms. The Morgan fingerprint density at radius 2 is 1.59 bits per heavy atom. The molecule has 0 aliphatic heterocycles. The molecule has 0 aliphatic rings. The van der Waals surface area contributed by atoms with Gasteiger partial charge >= 0.3 is 0 Å². The van der Waals surface area contributed by atoms with Gasteiger partial charge in [-0.2, -0.15) is 0 Å². The average Bonchev–Trinajstić information content (AvgIpc) is 2.39. The molecule has 17 heavy (non-hydrogen) atoms. The van der Waals surface area contributed by atoms with Crippen LogP contribution in [-0.2, 0) is 11.3 Å². The molecule has 3 nitrogen and oxygen atoms in total. The molecule has 0 radical (unpaired) electrons. The molecular formula is C14H18O3. The third-order valence-corrected chi connectivity index (χ3v) is 2.44. The number of ether oxygens (including phenoxy) is 1. The molecule has 1 aromatic rings. The number of benzene rings is 1. The second-order valence-corrected chi connectivity index (χ2v) is 3.71. The standard InChI is InChI=1S/C14H18O3/c1-3-12(15)14(13(16)4-2)17-10-11-8-6-5-7-9-11/h3-9,12-16H,1-2,10H2/t12-,13-/m1/s1. The van der Waals surface area contributed by atoms with Crippen molar-refractivity contribution in [2.75, 3.05) is 0 Å². The molecule has 0 saturated carbocycles. The van der Waals surface area contributed by atoms with E-state index in [0.717, 1.165) is 5.56 Å². The number of hydrogen-bond acceptors (Lipinski definition) is 3. The Kier molecular flexibility index (Phi) is 5.63. The Morgan fingerprint density at radius 3 is 2.06 bits per heavy atom. The Labute approximate surface area is 102 Å². The van der Waals surface area contributed by atoms with Crippen LogP contribution in [0.4, 0.5) is 0 Å². The van der Waals surface area contributed by atoms with Crippen LogP contribution in [0.25, 0.3) is 0 Å². The van der Waals surface area contributed by atoms with E-state index in [0.29, 0.717) is 6.61 Å². The summed E-state index contributed by atoms with van der Waals surface area (Å²) in [7, 11) is 0. The number of aliphatic hydroxyl groups excluding tert-OH is 2. The fraction of sp³-hybridized carbons (Fsp3) is 0.286. The van der Waals surface area contributed by atoms with E-state index in [-0.39, 0.29) is 0 Å². The minimum atomic E-state index is -0.924. The van der Waals surface area contributed by atoms with Crippen LogP contribution in [0.5, 0.6) is 0 Å². The first-order chi connectivity index (χ1) is 8.19. The maximum atomic E-state index is 9.65. The molecule has 0 bridgehead atoms. The summed E-state index contributed by atoms with van der Waals surface area (Å²) in [4.78, 5) is 0. The Morgan fingerprint density at radius 1 is 1.06 bits per heavy atom. The zero-order chi connectivity index (χ0) is 12.7.